The Hall–Kier alpha value is -1.39. The van der Waals surface area contributed by atoms with Crippen LogP contribution in [0, 0.1) is 0 Å². The van der Waals surface area contributed by atoms with Crippen molar-refractivity contribution in [2.24, 2.45) is 0 Å². The molecule has 4 heteroatoms. The average molecular weight is 278 g/mol. The highest BCUT2D eigenvalue weighted by Gasteiger charge is 2.12. The third-order valence-corrected chi connectivity index (χ3v) is 3.00. The van der Waals surface area contributed by atoms with E-state index in [1.165, 1.54) is 5.56 Å². The van der Waals surface area contributed by atoms with Gasteiger partial charge in [0, 0.05) is 38.3 Å². The van der Waals surface area contributed by atoms with Gasteiger partial charge in [0.1, 0.15) is 0 Å². The van der Waals surface area contributed by atoms with Crippen molar-refractivity contribution in [3.8, 4) is 0 Å². The molecule has 112 valence electrons. The highest BCUT2D eigenvalue weighted by Crippen LogP contribution is 2.09. The Morgan fingerprint density at radius 3 is 2.35 bits per heavy atom. The number of nitrogens with zero attached hydrogens (tertiary/aromatic N) is 1. The van der Waals surface area contributed by atoms with Gasteiger partial charge in [-0.3, -0.25) is 4.79 Å². The zero-order valence-corrected chi connectivity index (χ0v) is 13.2. The first-order valence-electron chi connectivity index (χ1n) is 6.92. The molecule has 1 rings (SSSR count). The molecule has 0 bridgehead atoms. The van der Waals surface area contributed by atoms with Crippen LogP contribution in [0.5, 0.6) is 0 Å². The summed E-state index contributed by atoms with van der Waals surface area (Å²) in [6.07, 6.45) is 0. The van der Waals surface area contributed by atoms with Gasteiger partial charge in [0.25, 0.3) is 5.91 Å². The summed E-state index contributed by atoms with van der Waals surface area (Å²) in [5, 5.41) is 3.43. The Balaban J connectivity index is 2.59. The molecule has 1 amide bonds. The van der Waals surface area contributed by atoms with Gasteiger partial charge in [-0.2, -0.15) is 0 Å². The number of hydrogen-bond acceptors (Lipinski definition) is 3. The number of ether oxygens (including phenoxy) is 1. The fraction of sp³-hybridized carbons (Fsp3) is 0.562. The molecule has 1 aromatic carbocycles. The van der Waals surface area contributed by atoms with Gasteiger partial charge in [0.2, 0.25) is 0 Å². The topological polar surface area (TPSA) is 41.6 Å². The van der Waals surface area contributed by atoms with Gasteiger partial charge in [-0.25, -0.2) is 0 Å². The van der Waals surface area contributed by atoms with Gasteiger partial charge >= 0.3 is 0 Å². The zero-order chi connectivity index (χ0) is 15.2. The molecule has 0 spiro atoms. The number of amides is 1. The van der Waals surface area contributed by atoms with E-state index in [4.69, 9.17) is 4.74 Å². The summed E-state index contributed by atoms with van der Waals surface area (Å²) in [7, 11) is 3.42. The van der Waals surface area contributed by atoms with Crippen LogP contribution in [-0.4, -0.2) is 43.7 Å². The fourth-order valence-corrected chi connectivity index (χ4v) is 1.68. The predicted octanol–water partition coefficient (Wildman–Crippen LogP) is 2.29. The maximum atomic E-state index is 12.1. The SMILES string of the molecule is COCCN(C)C(=O)c1ccc(CNC(C)(C)C)cc1. The normalized spacial score (nSPS) is 11.4. The Labute approximate surface area is 122 Å². The Morgan fingerprint density at radius 2 is 1.85 bits per heavy atom. The number of rotatable bonds is 6. The molecule has 0 fully saturated rings. The number of carbonyl (C=O) groups is 1. The van der Waals surface area contributed by atoms with E-state index in [1.807, 2.05) is 24.3 Å². The minimum absolute atomic E-state index is 0.0254. The van der Waals surface area contributed by atoms with Crippen LogP contribution >= 0.6 is 0 Å². The lowest BCUT2D eigenvalue weighted by molar-refractivity contribution is 0.0744. The van der Waals surface area contributed by atoms with Gasteiger partial charge in [-0.1, -0.05) is 12.1 Å². The Morgan fingerprint density at radius 1 is 1.25 bits per heavy atom. The van der Waals surface area contributed by atoms with E-state index >= 15 is 0 Å². The van der Waals surface area contributed by atoms with Crippen LogP contribution in [0.2, 0.25) is 0 Å². The second-order valence-corrected chi connectivity index (χ2v) is 6.02. The number of nitrogens with one attached hydrogen (secondary N) is 1. The van der Waals surface area contributed by atoms with E-state index in [0.717, 1.165) is 6.54 Å². The van der Waals surface area contributed by atoms with Crippen LogP contribution in [0.1, 0.15) is 36.7 Å². The van der Waals surface area contributed by atoms with E-state index in [-0.39, 0.29) is 11.4 Å². The summed E-state index contributed by atoms with van der Waals surface area (Å²) < 4.78 is 4.98. The number of benzene rings is 1. The second-order valence-electron chi connectivity index (χ2n) is 6.02. The third-order valence-electron chi connectivity index (χ3n) is 3.00. The number of likely N-dealkylation sites (N-methyl/N-ethyl adjacent to an activating group) is 1. The molecule has 0 aliphatic rings. The minimum Gasteiger partial charge on any atom is -0.383 e. The minimum atomic E-state index is 0.0254. The summed E-state index contributed by atoms with van der Waals surface area (Å²) >= 11 is 0. The van der Waals surface area contributed by atoms with Crippen LogP contribution in [0.25, 0.3) is 0 Å². The summed E-state index contributed by atoms with van der Waals surface area (Å²) in [6.45, 7) is 8.36. The fourth-order valence-electron chi connectivity index (χ4n) is 1.68. The van der Waals surface area contributed by atoms with E-state index in [0.29, 0.717) is 18.7 Å². The first-order chi connectivity index (χ1) is 9.33. The second kappa shape index (κ2) is 7.41. The van der Waals surface area contributed by atoms with Crippen molar-refractivity contribution < 1.29 is 9.53 Å². The summed E-state index contributed by atoms with van der Waals surface area (Å²) in [6, 6.07) is 7.75. The standard InChI is InChI=1S/C16H26N2O2/c1-16(2,3)17-12-13-6-8-14(9-7-13)15(19)18(4)10-11-20-5/h6-9,17H,10-12H2,1-5H3. The molecule has 1 N–H and O–H groups in total. The van der Waals surface area contributed by atoms with Gasteiger partial charge in [-0.15, -0.1) is 0 Å². The lowest BCUT2D eigenvalue weighted by atomic mass is 10.1. The van der Waals surface area contributed by atoms with E-state index in [2.05, 4.69) is 26.1 Å². The van der Waals surface area contributed by atoms with Crippen LogP contribution in [0.3, 0.4) is 0 Å². The van der Waals surface area contributed by atoms with Crippen molar-refractivity contribution >= 4 is 5.91 Å². The monoisotopic (exact) mass is 278 g/mol. The van der Waals surface area contributed by atoms with Gasteiger partial charge in [0.05, 0.1) is 6.61 Å². The molecule has 0 aliphatic heterocycles. The molecule has 0 saturated heterocycles. The highest BCUT2D eigenvalue weighted by molar-refractivity contribution is 5.94. The smallest absolute Gasteiger partial charge is 0.253 e. The van der Waals surface area contributed by atoms with Gasteiger partial charge in [-0.05, 0) is 38.5 Å². The molecular formula is C16H26N2O2. The van der Waals surface area contributed by atoms with E-state index in [9.17, 15) is 4.79 Å². The number of hydrogen-bond donors (Lipinski definition) is 1. The van der Waals surface area contributed by atoms with Gasteiger partial charge < -0.3 is 15.0 Å². The van der Waals surface area contributed by atoms with E-state index in [1.54, 1.807) is 19.1 Å². The maximum absolute atomic E-state index is 12.1. The molecule has 4 nitrogen and oxygen atoms in total. The quantitative estimate of drug-likeness (QED) is 0.868. The first-order valence-corrected chi connectivity index (χ1v) is 6.92. The Bertz CT molecular complexity index is 421. The molecule has 0 heterocycles. The molecule has 1 aromatic rings. The third kappa shape index (κ3) is 5.72. The molecule has 0 radical (unpaired) electrons. The summed E-state index contributed by atoms with van der Waals surface area (Å²) in [4.78, 5) is 13.8. The molecule has 20 heavy (non-hydrogen) atoms. The van der Waals surface area contributed by atoms with E-state index < -0.39 is 0 Å². The lowest BCUT2D eigenvalue weighted by Gasteiger charge is -2.21. The summed E-state index contributed by atoms with van der Waals surface area (Å²) in [5.74, 6) is 0.0254. The van der Waals surface area contributed by atoms with Crippen molar-refractivity contribution in [2.75, 3.05) is 27.3 Å². The molecular weight excluding hydrogens is 252 g/mol. The first kappa shape index (κ1) is 16.7. The molecule has 0 aliphatic carbocycles. The van der Waals surface area contributed by atoms with Crippen LogP contribution in [0.4, 0.5) is 0 Å². The average Bonchev–Trinajstić information content (AvgIpc) is 2.41. The molecule has 0 atom stereocenters. The van der Waals surface area contributed by atoms with Crippen LogP contribution < -0.4 is 5.32 Å². The van der Waals surface area contributed by atoms with Gasteiger partial charge in [0.15, 0.2) is 0 Å². The molecule has 0 aromatic heterocycles. The maximum Gasteiger partial charge on any atom is 0.253 e. The van der Waals surface area contributed by atoms with Crippen LogP contribution in [-0.2, 0) is 11.3 Å². The van der Waals surface area contributed by atoms with Crippen molar-refractivity contribution in [1.29, 1.82) is 0 Å². The van der Waals surface area contributed by atoms with Crippen molar-refractivity contribution in [1.82, 2.24) is 10.2 Å². The number of carbonyl (C=O) groups excluding carboxylic acids is 1. The predicted molar refractivity (Wildman–Crippen MR) is 81.9 cm³/mol. The molecule has 0 unspecified atom stereocenters. The largest absolute Gasteiger partial charge is 0.383 e. The molecule has 0 saturated carbocycles. The zero-order valence-electron chi connectivity index (χ0n) is 13.2. The van der Waals surface area contributed by atoms with Crippen LogP contribution in [0.15, 0.2) is 24.3 Å². The number of methoxy groups -OCH3 is 1. The van der Waals surface area contributed by atoms with Crippen molar-refractivity contribution in [3.05, 3.63) is 35.4 Å². The Kier molecular flexibility index (Phi) is 6.17. The lowest BCUT2D eigenvalue weighted by Crippen LogP contribution is -2.35. The van der Waals surface area contributed by atoms with Crippen molar-refractivity contribution in [2.45, 2.75) is 32.9 Å². The van der Waals surface area contributed by atoms with Crippen molar-refractivity contribution in [3.63, 3.8) is 0 Å². The summed E-state index contributed by atoms with van der Waals surface area (Å²) in [5.41, 5.74) is 1.98. The highest BCUT2D eigenvalue weighted by atomic mass is 16.5.